The van der Waals surface area contributed by atoms with Crippen LogP contribution >= 0.6 is 0 Å². The minimum atomic E-state index is 0.507. The number of hydrogen-bond donors (Lipinski definition) is 0. The van der Waals surface area contributed by atoms with Crippen LogP contribution in [0, 0.1) is 0 Å². The van der Waals surface area contributed by atoms with Crippen molar-refractivity contribution in [2.24, 2.45) is 0 Å². The zero-order chi connectivity index (χ0) is 9.26. The first-order valence-electron chi connectivity index (χ1n) is 5.27. The normalized spacial score (nSPS) is 33.5. The van der Waals surface area contributed by atoms with Gasteiger partial charge in [0.2, 0.25) is 0 Å². The Labute approximate surface area is 80.0 Å². The van der Waals surface area contributed by atoms with Crippen molar-refractivity contribution in [2.45, 2.75) is 38.5 Å². The minimum absolute atomic E-state index is 0.507. The summed E-state index contributed by atoms with van der Waals surface area (Å²) in [6.07, 6.45) is 2.22. The van der Waals surface area contributed by atoms with E-state index in [1.54, 1.807) is 0 Å². The molecule has 76 valence electrons. The molecule has 0 aromatic rings. The minimum Gasteiger partial charge on any atom is -0.372 e. The Morgan fingerprint density at radius 2 is 1.69 bits per heavy atom. The Balaban J connectivity index is 1.76. The third kappa shape index (κ3) is 2.93. The van der Waals surface area contributed by atoms with Crippen LogP contribution in [0.4, 0.5) is 0 Å². The zero-order valence-electron chi connectivity index (χ0n) is 8.53. The largest absolute Gasteiger partial charge is 0.372 e. The maximum Gasteiger partial charge on any atom is 0.0936 e. The second-order valence-corrected chi connectivity index (χ2v) is 4.12. The summed E-state index contributed by atoms with van der Waals surface area (Å²) in [4.78, 5) is 2.50. The van der Waals surface area contributed by atoms with E-state index in [0.717, 1.165) is 26.3 Å². The zero-order valence-corrected chi connectivity index (χ0v) is 8.53. The van der Waals surface area contributed by atoms with Crippen LogP contribution in [-0.4, -0.2) is 49.5 Å². The third-order valence-corrected chi connectivity index (χ3v) is 2.90. The van der Waals surface area contributed by atoms with Crippen molar-refractivity contribution in [1.82, 2.24) is 4.90 Å². The average Bonchev–Trinajstić information content (AvgIpc) is 2.94. The van der Waals surface area contributed by atoms with Crippen LogP contribution in [0.2, 0.25) is 0 Å². The Morgan fingerprint density at radius 1 is 1.23 bits per heavy atom. The highest BCUT2D eigenvalue weighted by molar-refractivity contribution is 4.82. The van der Waals surface area contributed by atoms with Gasteiger partial charge >= 0.3 is 0 Å². The van der Waals surface area contributed by atoms with Gasteiger partial charge in [-0.05, 0) is 13.3 Å². The number of epoxide rings is 2. The lowest BCUT2D eigenvalue weighted by atomic mass is 10.2. The fraction of sp³-hybridized carbons (Fsp3) is 1.00. The van der Waals surface area contributed by atoms with E-state index in [1.165, 1.54) is 6.42 Å². The Bertz CT molecular complexity index is 152. The van der Waals surface area contributed by atoms with E-state index in [2.05, 4.69) is 18.7 Å². The average molecular weight is 185 g/mol. The SMILES string of the molecule is CCC(C)N(CC1CO1)CC1CO1. The molecule has 3 unspecified atom stereocenters. The van der Waals surface area contributed by atoms with Crippen LogP contribution in [0.1, 0.15) is 20.3 Å². The first-order chi connectivity index (χ1) is 6.29. The highest BCUT2D eigenvalue weighted by Crippen LogP contribution is 2.18. The predicted molar refractivity (Wildman–Crippen MR) is 50.8 cm³/mol. The van der Waals surface area contributed by atoms with Crippen LogP contribution in [-0.2, 0) is 9.47 Å². The molecule has 0 saturated carbocycles. The van der Waals surface area contributed by atoms with Gasteiger partial charge in [-0.25, -0.2) is 0 Å². The van der Waals surface area contributed by atoms with Gasteiger partial charge < -0.3 is 9.47 Å². The smallest absolute Gasteiger partial charge is 0.0936 e. The van der Waals surface area contributed by atoms with Crippen LogP contribution in [0.25, 0.3) is 0 Å². The Hall–Kier alpha value is -0.120. The molecule has 0 aliphatic carbocycles. The summed E-state index contributed by atoms with van der Waals surface area (Å²) in [5, 5.41) is 0. The maximum atomic E-state index is 5.25. The molecule has 0 radical (unpaired) electrons. The van der Waals surface area contributed by atoms with Crippen molar-refractivity contribution in [3.8, 4) is 0 Å². The number of ether oxygens (including phenoxy) is 2. The van der Waals surface area contributed by atoms with Gasteiger partial charge in [0.15, 0.2) is 0 Å². The van der Waals surface area contributed by atoms with Crippen molar-refractivity contribution in [2.75, 3.05) is 26.3 Å². The van der Waals surface area contributed by atoms with Gasteiger partial charge in [-0.3, -0.25) is 4.90 Å². The molecule has 2 saturated heterocycles. The molecule has 2 aliphatic heterocycles. The molecular formula is C10H19NO2. The maximum absolute atomic E-state index is 5.25. The summed E-state index contributed by atoms with van der Waals surface area (Å²) >= 11 is 0. The molecule has 2 aliphatic rings. The molecular weight excluding hydrogens is 166 g/mol. The molecule has 3 nitrogen and oxygen atoms in total. The van der Waals surface area contributed by atoms with Gasteiger partial charge in [0.25, 0.3) is 0 Å². The Kier molecular flexibility index (Phi) is 2.86. The molecule has 3 atom stereocenters. The number of hydrogen-bond acceptors (Lipinski definition) is 3. The van der Waals surface area contributed by atoms with Crippen molar-refractivity contribution in [1.29, 1.82) is 0 Å². The lowest BCUT2D eigenvalue weighted by molar-refractivity contribution is 0.169. The van der Waals surface area contributed by atoms with Crippen LogP contribution in [0.15, 0.2) is 0 Å². The second-order valence-electron chi connectivity index (χ2n) is 4.12. The van der Waals surface area contributed by atoms with Gasteiger partial charge in [-0.15, -0.1) is 0 Å². The topological polar surface area (TPSA) is 28.3 Å². The predicted octanol–water partition coefficient (Wildman–Crippen LogP) is 0.884. The van der Waals surface area contributed by atoms with E-state index in [1.807, 2.05) is 0 Å². The fourth-order valence-electron chi connectivity index (χ4n) is 1.56. The lowest BCUT2D eigenvalue weighted by Crippen LogP contribution is -2.38. The molecule has 0 spiro atoms. The summed E-state index contributed by atoms with van der Waals surface area (Å²) in [6, 6.07) is 0.661. The summed E-state index contributed by atoms with van der Waals surface area (Å²) in [5.74, 6) is 0. The van der Waals surface area contributed by atoms with E-state index < -0.39 is 0 Å². The summed E-state index contributed by atoms with van der Waals surface area (Å²) in [5.41, 5.74) is 0. The second kappa shape index (κ2) is 3.95. The molecule has 0 aromatic heterocycles. The van der Waals surface area contributed by atoms with E-state index in [9.17, 15) is 0 Å². The number of nitrogens with zero attached hydrogens (tertiary/aromatic N) is 1. The molecule has 2 heterocycles. The van der Waals surface area contributed by atoms with Crippen LogP contribution < -0.4 is 0 Å². The van der Waals surface area contributed by atoms with E-state index in [0.29, 0.717) is 18.2 Å². The summed E-state index contributed by atoms with van der Waals surface area (Å²) < 4.78 is 10.5. The molecule has 3 heteroatoms. The van der Waals surface area contributed by atoms with Gasteiger partial charge in [0.1, 0.15) is 0 Å². The van der Waals surface area contributed by atoms with Gasteiger partial charge in [-0.2, -0.15) is 0 Å². The molecule has 0 bridgehead atoms. The van der Waals surface area contributed by atoms with Gasteiger partial charge in [0.05, 0.1) is 25.4 Å². The van der Waals surface area contributed by atoms with Crippen molar-refractivity contribution >= 4 is 0 Å². The lowest BCUT2D eigenvalue weighted by Gasteiger charge is -2.26. The first kappa shape index (κ1) is 9.44. The van der Waals surface area contributed by atoms with Crippen LogP contribution in [0.3, 0.4) is 0 Å². The molecule has 0 N–H and O–H groups in total. The van der Waals surface area contributed by atoms with Crippen molar-refractivity contribution < 1.29 is 9.47 Å². The third-order valence-electron chi connectivity index (χ3n) is 2.90. The van der Waals surface area contributed by atoms with E-state index in [4.69, 9.17) is 9.47 Å². The van der Waals surface area contributed by atoms with Gasteiger partial charge in [-0.1, -0.05) is 6.92 Å². The quantitative estimate of drug-likeness (QED) is 0.575. The standard InChI is InChI=1S/C10H19NO2/c1-3-8(2)11(4-9-6-12-9)5-10-7-13-10/h8-10H,3-7H2,1-2H3. The Morgan fingerprint density at radius 3 is 2.00 bits per heavy atom. The van der Waals surface area contributed by atoms with Crippen molar-refractivity contribution in [3.05, 3.63) is 0 Å². The molecule has 13 heavy (non-hydrogen) atoms. The number of rotatable bonds is 6. The molecule has 0 amide bonds. The highest BCUT2D eigenvalue weighted by Gasteiger charge is 2.32. The van der Waals surface area contributed by atoms with Crippen LogP contribution in [0.5, 0.6) is 0 Å². The molecule has 2 rings (SSSR count). The van der Waals surface area contributed by atoms with Gasteiger partial charge in [0, 0.05) is 19.1 Å². The first-order valence-corrected chi connectivity index (χ1v) is 5.27. The summed E-state index contributed by atoms with van der Waals surface area (Å²) in [7, 11) is 0. The monoisotopic (exact) mass is 185 g/mol. The van der Waals surface area contributed by atoms with Crippen molar-refractivity contribution in [3.63, 3.8) is 0 Å². The highest BCUT2D eigenvalue weighted by atomic mass is 16.6. The van der Waals surface area contributed by atoms with E-state index in [-0.39, 0.29) is 0 Å². The molecule has 0 aromatic carbocycles. The molecule has 2 fully saturated rings. The van der Waals surface area contributed by atoms with E-state index >= 15 is 0 Å². The fourth-order valence-corrected chi connectivity index (χ4v) is 1.56. The summed E-state index contributed by atoms with van der Waals surface area (Å²) in [6.45, 7) is 8.62.